The van der Waals surface area contributed by atoms with Gasteiger partial charge in [0.1, 0.15) is 4.90 Å². The molecule has 0 aliphatic heterocycles. The van der Waals surface area contributed by atoms with E-state index in [1.54, 1.807) is 42.5 Å². The maximum Gasteiger partial charge on any atom is 0.339 e. The fourth-order valence-electron chi connectivity index (χ4n) is 3.08. The van der Waals surface area contributed by atoms with Gasteiger partial charge in [0.15, 0.2) is 17.2 Å². The van der Waals surface area contributed by atoms with Crippen molar-refractivity contribution in [3.63, 3.8) is 0 Å². The zero-order valence-electron chi connectivity index (χ0n) is 17.7. The highest BCUT2D eigenvalue weighted by atomic mass is 32.2. The molecular weight excluding hydrogens is 432 g/mol. The molecule has 0 saturated heterocycles. The van der Waals surface area contributed by atoms with Crippen molar-refractivity contribution in [2.45, 2.75) is 11.8 Å². The van der Waals surface area contributed by atoms with Crippen molar-refractivity contribution in [3.05, 3.63) is 77.9 Å². The Balaban J connectivity index is 2.14. The molecule has 166 valence electrons. The van der Waals surface area contributed by atoms with Crippen LogP contribution in [0.3, 0.4) is 0 Å². The van der Waals surface area contributed by atoms with Crippen LogP contribution in [0.2, 0.25) is 0 Å². The molecule has 0 aliphatic carbocycles. The molecule has 0 aromatic heterocycles. The Morgan fingerprint density at radius 3 is 2.22 bits per heavy atom. The van der Waals surface area contributed by atoms with E-state index in [2.05, 4.69) is 0 Å². The number of rotatable bonds is 8. The van der Waals surface area contributed by atoms with Crippen LogP contribution in [0.5, 0.6) is 17.2 Å². The maximum atomic E-state index is 12.9. The number of aliphatic carboxylic acids is 1. The topological polar surface area (TPSA) is 99.1 Å². The van der Waals surface area contributed by atoms with E-state index in [1.807, 2.05) is 6.92 Å². The Labute approximate surface area is 186 Å². The van der Waals surface area contributed by atoms with Gasteiger partial charge in [0.2, 0.25) is 0 Å². The molecule has 0 unspecified atom stereocenters. The number of ether oxygens (including phenoxy) is 2. The van der Waals surface area contributed by atoms with Crippen LogP contribution in [0, 0.1) is 6.92 Å². The first kappa shape index (κ1) is 22.9. The lowest BCUT2D eigenvalue weighted by atomic mass is 10.00. The van der Waals surface area contributed by atoms with Crippen LogP contribution in [-0.2, 0) is 14.9 Å². The van der Waals surface area contributed by atoms with Gasteiger partial charge in [0, 0.05) is 17.2 Å². The van der Waals surface area contributed by atoms with E-state index < -0.39 is 16.1 Å². The Bertz CT molecular complexity index is 1260. The molecule has 0 radical (unpaired) electrons. The molecule has 0 amide bonds. The summed E-state index contributed by atoms with van der Waals surface area (Å²) in [6.07, 6.45) is 2.40. The first-order valence-corrected chi connectivity index (χ1v) is 10.9. The van der Waals surface area contributed by atoms with Gasteiger partial charge in [-0.2, -0.15) is 8.42 Å². The highest BCUT2D eigenvalue weighted by molar-refractivity contribution is 7.87. The van der Waals surface area contributed by atoms with Crippen molar-refractivity contribution in [2.24, 2.45) is 0 Å². The number of carboxylic acid groups (broad SMARTS) is 1. The lowest BCUT2D eigenvalue weighted by Gasteiger charge is -2.17. The van der Waals surface area contributed by atoms with Gasteiger partial charge in [-0.05, 0) is 48.9 Å². The zero-order valence-corrected chi connectivity index (χ0v) is 18.5. The quantitative estimate of drug-likeness (QED) is 0.394. The van der Waals surface area contributed by atoms with Gasteiger partial charge < -0.3 is 18.8 Å². The number of para-hydroxylation sites is 1. The van der Waals surface area contributed by atoms with Gasteiger partial charge in [-0.25, -0.2) is 4.79 Å². The lowest BCUT2D eigenvalue weighted by Crippen LogP contribution is -2.10. The monoisotopic (exact) mass is 454 g/mol. The second-order valence-corrected chi connectivity index (χ2v) is 8.37. The van der Waals surface area contributed by atoms with Crippen molar-refractivity contribution in [1.29, 1.82) is 0 Å². The summed E-state index contributed by atoms with van der Waals surface area (Å²) in [6.45, 7) is 1.86. The molecule has 0 aliphatic rings. The van der Waals surface area contributed by atoms with E-state index >= 15 is 0 Å². The molecule has 0 bridgehead atoms. The minimum atomic E-state index is -4.09. The number of methoxy groups -OCH3 is 2. The summed E-state index contributed by atoms with van der Waals surface area (Å²) in [7, 11) is -1.18. The van der Waals surface area contributed by atoms with Crippen molar-refractivity contribution in [3.8, 4) is 28.4 Å². The van der Waals surface area contributed by atoms with Crippen LogP contribution in [-0.4, -0.2) is 33.7 Å². The second-order valence-electron chi connectivity index (χ2n) is 6.82. The normalized spacial score (nSPS) is 11.3. The molecule has 0 fully saturated rings. The zero-order chi connectivity index (χ0) is 23.3. The number of aryl methyl sites for hydroxylation is 1. The standard InChI is InChI=1S/C24H22O7S/c1-16-8-11-18(12-9-16)32(27,28)31-21-7-5-4-6-19(21)20-14-17(10-13-23(25)26)15-22(29-2)24(20)30-3/h4-15H,1-3H3,(H,25,26). The van der Waals surface area contributed by atoms with E-state index in [-0.39, 0.29) is 10.6 Å². The fourth-order valence-corrected chi connectivity index (χ4v) is 4.03. The highest BCUT2D eigenvalue weighted by Crippen LogP contribution is 2.43. The smallest absolute Gasteiger partial charge is 0.339 e. The van der Waals surface area contributed by atoms with Crippen LogP contribution in [0.25, 0.3) is 17.2 Å². The molecule has 1 N–H and O–H groups in total. The SMILES string of the molecule is COc1cc(C=CC(=O)O)cc(-c2ccccc2OS(=O)(=O)c2ccc(C)cc2)c1OC. The summed E-state index contributed by atoms with van der Waals surface area (Å²) in [5, 5.41) is 8.96. The molecule has 3 rings (SSSR count). The number of carboxylic acids is 1. The summed E-state index contributed by atoms with van der Waals surface area (Å²) >= 11 is 0. The summed E-state index contributed by atoms with van der Waals surface area (Å²) in [4.78, 5) is 11.0. The first-order chi connectivity index (χ1) is 15.2. The van der Waals surface area contributed by atoms with Crippen molar-refractivity contribution >= 4 is 22.2 Å². The van der Waals surface area contributed by atoms with E-state index in [4.69, 9.17) is 18.8 Å². The molecule has 0 saturated carbocycles. The summed E-state index contributed by atoms with van der Waals surface area (Å²) in [6, 6.07) is 16.2. The summed E-state index contributed by atoms with van der Waals surface area (Å²) < 4.78 is 42.1. The molecule has 3 aromatic rings. The molecule has 0 heterocycles. The van der Waals surface area contributed by atoms with Gasteiger partial charge >= 0.3 is 16.1 Å². The molecule has 7 nitrogen and oxygen atoms in total. The maximum absolute atomic E-state index is 12.9. The van der Waals surface area contributed by atoms with E-state index in [0.29, 0.717) is 28.2 Å². The van der Waals surface area contributed by atoms with Gasteiger partial charge in [-0.15, -0.1) is 0 Å². The van der Waals surface area contributed by atoms with E-state index in [9.17, 15) is 13.2 Å². The second kappa shape index (κ2) is 9.57. The average Bonchev–Trinajstić information content (AvgIpc) is 2.77. The average molecular weight is 455 g/mol. The largest absolute Gasteiger partial charge is 0.493 e. The Kier molecular flexibility index (Phi) is 6.85. The molecule has 0 spiro atoms. The molecule has 3 aromatic carbocycles. The summed E-state index contributed by atoms with van der Waals surface area (Å²) in [5.41, 5.74) is 2.36. The number of carbonyl (C=O) groups is 1. The number of hydrogen-bond donors (Lipinski definition) is 1. The van der Waals surface area contributed by atoms with Gasteiger partial charge in [-0.3, -0.25) is 0 Å². The Morgan fingerprint density at radius 2 is 1.59 bits per heavy atom. The first-order valence-electron chi connectivity index (χ1n) is 9.52. The summed E-state index contributed by atoms with van der Waals surface area (Å²) in [5.74, 6) is -0.308. The molecule has 32 heavy (non-hydrogen) atoms. The van der Waals surface area contributed by atoms with Crippen LogP contribution >= 0.6 is 0 Å². The predicted octanol–water partition coefficient (Wildman–Crippen LogP) is 4.54. The van der Waals surface area contributed by atoms with Crippen LogP contribution in [0.15, 0.2) is 71.6 Å². The fraction of sp³-hybridized carbons (Fsp3) is 0.125. The number of benzene rings is 3. The Hall–Kier alpha value is -3.78. The van der Waals surface area contributed by atoms with Crippen molar-refractivity contribution in [2.75, 3.05) is 14.2 Å². The van der Waals surface area contributed by atoms with Crippen LogP contribution in [0.4, 0.5) is 0 Å². The van der Waals surface area contributed by atoms with Gasteiger partial charge in [0.25, 0.3) is 0 Å². The lowest BCUT2D eigenvalue weighted by molar-refractivity contribution is -0.131. The van der Waals surface area contributed by atoms with Crippen LogP contribution < -0.4 is 13.7 Å². The van der Waals surface area contributed by atoms with E-state index in [0.717, 1.165) is 11.6 Å². The minimum absolute atomic E-state index is 0.0283. The Morgan fingerprint density at radius 1 is 0.906 bits per heavy atom. The molecule has 0 atom stereocenters. The van der Waals surface area contributed by atoms with Gasteiger partial charge in [-0.1, -0.05) is 35.9 Å². The van der Waals surface area contributed by atoms with Crippen molar-refractivity contribution < 1.29 is 32.0 Å². The number of hydrogen-bond acceptors (Lipinski definition) is 6. The molecule has 8 heteroatoms. The molecular formula is C24H22O7S. The van der Waals surface area contributed by atoms with Crippen LogP contribution in [0.1, 0.15) is 11.1 Å². The van der Waals surface area contributed by atoms with E-state index in [1.165, 1.54) is 38.5 Å². The third kappa shape index (κ3) is 5.09. The third-order valence-corrected chi connectivity index (χ3v) is 5.85. The van der Waals surface area contributed by atoms with Crippen molar-refractivity contribution in [1.82, 2.24) is 0 Å². The minimum Gasteiger partial charge on any atom is -0.493 e. The third-order valence-electron chi connectivity index (χ3n) is 4.61. The van der Waals surface area contributed by atoms with Gasteiger partial charge in [0.05, 0.1) is 14.2 Å². The highest BCUT2D eigenvalue weighted by Gasteiger charge is 2.22. The predicted molar refractivity (Wildman–Crippen MR) is 121 cm³/mol.